The van der Waals surface area contributed by atoms with Crippen molar-refractivity contribution in [2.24, 2.45) is 0 Å². The van der Waals surface area contributed by atoms with E-state index in [4.69, 9.17) is 15.2 Å². The van der Waals surface area contributed by atoms with Crippen LogP contribution in [0.5, 0.6) is 0 Å². The first kappa shape index (κ1) is 16.8. The summed E-state index contributed by atoms with van der Waals surface area (Å²) in [6.07, 6.45) is 0.0872. The van der Waals surface area contributed by atoms with E-state index in [0.717, 1.165) is 0 Å². The molecule has 21 heavy (non-hydrogen) atoms. The van der Waals surface area contributed by atoms with Gasteiger partial charge in [0.2, 0.25) is 0 Å². The molecule has 9 nitrogen and oxygen atoms in total. The molecule has 4 N–H and O–H groups in total. The van der Waals surface area contributed by atoms with Gasteiger partial charge >= 0.3 is 11.7 Å². The summed E-state index contributed by atoms with van der Waals surface area (Å²) in [5.41, 5.74) is 4.63. The van der Waals surface area contributed by atoms with E-state index in [2.05, 4.69) is 10.3 Å². The largest absolute Gasteiger partial charge is 0.466 e. The molecule has 0 aromatic carbocycles. The molecule has 1 heterocycles. The molecular weight excluding hydrogens is 280 g/mol. The summed E-state index contributed by atoms with van der Waals surface area (Å²) in [7, 11) is 1.49. The molecule has 0 unspecified atom stereocenters. The molecule has 0 aliphatic heterocycles. The smallest absolute Gasteiger partial charge is 0.330 e. The van der Waals surface area contributed by atoms with E-state index >= 15 is 0 Å². The maximum absolute atomic E-state index is 11.7. The Morgan fingerprint density at radius 1 is 1.43 bits per heavy atom. The lowest BCUT2D eigenvalue weighted by molar-refractivity contribution is -0.142. The molecule has 0 atom stereocenters. The molecule has 0 amide bonds. The molecule has 9 heteroatoms. The standard InChI is InChI=1S/C12H20N4O5/c1-3-21-8(17)4-5-14-9-10(13)16(6-7-20-2)12(19)15-11(9)18/h14H,3-7,13H2,1-2H3,(H,15,18,19). The first-order valence-electron chi connectivity index (χ1n) is 6.52. The Balaban J connectivity index is 2.84. The lowest BCUT2D eigenvalue weighted by atomic mass is 10.4. The number of aromatic amines is 1. The highest BCUT2D eigenvalue weighted by Gasteiger charge is 2.12. The molecule has 0 fully saturated rings. The third-order valence-corrected chi connectivity index (χ3v) is 2.69. The van der Waals surface area contributed by atoms with Gasteiger partial charge in [0.25, 0.3) is 5.56 Å². The summed E-state index contributed by atoms with van der Waals surface area (Å²) >= 11 is 0. The quantitative estimate of drug-likeness (QED) is 0.532. The molecule has 1 aromatic rings. The topological polar surface area (TPSA) is 128 Å². The van der Waals surface area contributed by atoms with Gasteiger partial charge in [0.05, 0.1) is 26.2 Å². The van der Waals surface area contributed by atoms with E-state index in [1.807, 2.05) is 0 Å². The Bertz CT molecular complexity index is 592. The van der Waals surface area contributed by atoms with Gasteiger partial charge in [-0.3, -0.25) is 19.1 Å². The van der Waals surface area contributed by atoms with Gasteiger partial charge < -0.3 is 20.5 Å². The average molecular weight is 300 g/mol. The number of carbonyl (C=O) groups is 1. The summed E-state index contributed by atoms with van der Waals surface area (Å²) in [5, 5.41) is 2.74. The predicted octanol–water partition coefficient (Wildman–Crippen LogP) is -0.870. The highest BCUT2D eigenvalue weighted by Crippen LogP contribution is 2.09. The van der Waals surface area contributed by atoms with Crippen LogP contribution < -0.4 is 22.3 Å². The number of H-pyrrole nitrogens is 1. The van der Waals surface area contributed by atoms with E-state index < -0.39 is 11.2 Å². The zero-order valence-electron chi connectivity index (χ0n) is 12.1. The Labute approximate surface area is 121 Å². The minimum Gasteiger partial charge on any atom is -0.466 e. The summed E-state index contributed by atoms with van der Waals surface area (Å²) in [6.45, 7) is 2.67. The third-order valence-electron chi connectivity index (χ3n) is 2.69. The van der Waals surface area contributed by atoms with Crippen LogP contribution in [-0.2, 0) is 20.8 Å². The Kier molecular flexibility index (Phi) is 6.47. The van der Waals surface area contributed by atoms with Crippen LogP contribution in [0.25, 0.3) is 0 Å². The number of nitrogens with two attached hydrogens (primary N) is 1. The van der Waals surface area contributed by atoms with Crippen molar-refractivity contribution in [1.29, 1.82) is 0 Å². The van der Waals surface area contributed by atoms with Crippen LogP contribution in [0.3, 0.4) is 0 Å². The van der Waals surface area contributed by atoms with Crippen LogP contribution >= 0.6 is 0 Å². The summed E-state index contributed by atoms with van der Waals surface area (Å²) < 4.78 is 10.8. The molecule has 0 saturated heterocycles. The van der Waals surface area contributed by atoms with Crippen molar-refractivity contribution in [3.8, 4) is 0 Å². The minimum atomic E-state index is -0.630. The van der Waals surface area contributed by atoms with Crippen molar-refractivity contribution in [1.82, 2.24) is 9.55 Å². The number of esters is 1. The number of ether oxygens (including phenoxy) is 2. The molecule has 1 rings (SSSR count). The number of carbonyl (C=O) groups excluding carboxylic acids is 1. The molecule has 118 valence electrons. The van der Waals surface area contributed by atoms with Crippen LogP contribution in [0.2, 0.25) is 0 Å². The van der Waals surface area contributed by atoms with Gasteiger partial charge in [-0.1, -0.05) is 0 Å². The molecule has 0 spiro atoms. The van der Waals surface area contributed by atoms with Crippen molar-refractivity contribution in [3.05, 3.63) is 20.8 Å². The van der Waals surface area contributed by atoms with Crippen LogP contribution in [0.15, 0.2) is 9.59 Å². The highest BCUT2D eigenvalue weighted by molar-refractivity contribution is 5.70. The number of anilines is 2. The number of hydrogen-bond acceptors (Lipinski definition) is 7. The third kappa shape index (κ3) is 4.63. The maximum atomic E-state index is 11.7. The number of nitrogens with zero attached hydrogens (tertiary/aromatic N) is 1. The van der Waals surface area contributed by atoms with Gasteiger partial charge in [0.1, 0.15) is 11.5 Å². The van der Waals surface area contributed by atoms with Crippen molar-refractivity contribution >= 4 is 17.5 Å². The number of hydrogen-bond donors (Lipinski definition) is 3. The zero-order valence-corrected chi connectivity index (χ0v) is 12.1. The number of rotatable bonds is 8. The second-order valence-corrected chi connectivity index (χ2v) is 4.15. The van der Waals surface area contributed by atoms with E-state index in [1.54, 1.807) is 6.92 Å². The molecule has 1 aromatic heterocycles. The Morgan fingerprint density at radius 3 is 2.76 bits per heavy atom. The van der Waals surface area contributed by atoms with Gasteiger partial charge in [-0.05, 0) is 6.92 Å². The van der Waals surface area contributed by atoms with Crippen molar-refractivity contribution in [2.45, 2.75) is 19.9 Å². The minimum absolute atomic E-state index is 0.00431. The number of aromatic nitrogens is 2. The zero-order chi connectivity index (χ0) is 15.8. The Hall–Kier alpha value is -2.29. The fraction of sp³-hybridized carbons (Fsp3) is 0.583. The average Bonchev–Trinajstić information content (AvgIpc) is 2.42. The molecular formula is C12H20N4O5. The van der Waals surface area contributed by atoms with Crippen LogP contribution in [0, 0.1) is 0 Å². The second-order valence-electron chi connectivity index (χ2n) is 4.15. The van der Waals surface area contributed by atoms with E-state index in [0.29, 0.717) is 6.61 Å². The number of nitrogens with one attached hydrogen (secondary N) is 2. The first-order valence-corrected chi connectivity index (χ1v) is 6.52. The first-order chi connectivity index (χ1) is 10.0. The molecule has 0 radical (unpaired) electrons. The monoisotopic (exact) mass is 300 g/mol. The highest BCUT2D eigenvalue weighted by atomic mass is 16.5. The summed E-state index contributed by atoms with van der Waals surface area (Å²) in [4.78, 5) is 36.8. The normalized spacial score (nSPS) is 10.4. The van der Waals surface area contributed by atoms with Crippen molar-refractivity contribution in [3.63, 3.8) is 0 Å². The van der Waals surface area contributed by atoms with Gasteiger partial charge in [-0.2, -0.15) is 0 Å². The number of methoxy groups -OCH3 is 1. The van der Waals surface area contributed by atoms with Gasteiger partial charge in [-0.25, -0.2) is 4.79 Å². The van der Waals surface area contributed by atoms with Crippen LogP contribution in [-0.4, -0.2) is 42.4 Å². The molecule has 0 aliphatic carbocycles. The van der Waals surface area contributed by atoms with Crippen molar-refractivity contribution < 1.29 is 14.3 Å². The second kappa shape index (κ2) is 8.10. The van der Waals surface area contributed by atoms with E-state index in [9.17, 15) is 14.4 Å². The Morgan fingerprint density at radius 2 is 2.14 bits per heavy atom. The van der Waals surface area contributed by atoms with E-state index in [-0.39, 0.29) is 43.6 Å². The summed E-state index contributed by atoms with van der Waals surface area (Å²) in [6, 6.07) is 0. The van der Waals surface area contributed by atoms with Crippen molar-refractivity contribution in [2.75, 3.05) is 37.9 Å². The van der Waals surface area contributed by atoms with Crippen LogP contribution in [0.1, 0.15) is 13.3 Å². The molecule has 0 aliphatic rings. The van der Waals surface area contributed by atoms with Gasteiger partial charge in [0, 0.05) is 13.7 Å². The molecule has 0 saturated carbocycles. The van der Waals surface area contributed by atoms with Gasteiger partial charge in [-0.15, -0.1) is 0 Å². The lowest BCUT2D eigenvalue weighted by Crippen LogP contribution is -2.35. The lowest BCUT2D eigenvalue weighted by Gasteiger charge is -2.13. The van der Waals surface area contributed by atoms with Gasteiger partial charge in [0.15, 0.2) is 0 Å². The predicted molar refractivity (Wildman–Crippen MR) is 77.4 cm³/mol. The molecule has 0 bridgehead atoms. The van der Waals surface area contributed by atoms with E-state index in [1.165, 1.54) is 11.7 Å². The summed E-state index contributed by atoms with van der Waals surface area (Å²) in [5.74, 6) is -0.377. The number of nitrogen functional groups attached to an aromatic ring is 1. The maximum Gasteiger partial charge on any atom is 0.330 e. The fourth-order valence-electron chi connectivity index (χ4n) is 1.69. The SMILES string of the molecule is CCOC(=O)CCNc1c(N)n(CCOC)c(=O)[nH]c1=O. The van der Waals surface area contributed by atoms with Crippen LogP contribution in [0.4, 0.5) is 11.5 Å². The fourth-order valence-corrected chi connectivity index (χ4v) is 1.69.